The van der Waals surface area contributed by atoms with Gasteiger partial charge in [0.1, 0.15) is 5.25 Å². The zero-order valence-electron chi connectivity index (χ0n) is 11.1. The molecule has 0 bridgehead atoms. The zero-order valence-corrected chi connectivity index (χ0v) is 13.5. The van der Waals surface area contributed by atoms with E-state index in [0.717, 1.165) is 10.0 Å². The Labute approximate surface area is 127 Å². The highest BCUT2D eigenvalue weighted by Crippen LogP contribution is 2.29. The van der Waals surface area contributed by atoms with Crippen molar-refractivity contribution < 1.29 is 8.42 Å². The standard InChI is InChI=1S/C15H16BrNO2S/c1-11-5-7-14(8-6-11)20(18,19)15(10-17)12-3-2-4-13(16)9-12/h2-9,15H,10,17H2,1H3. The third-order valence-electron chi connectivity index (χ3n) is 3.16. The number of halogens is 1. The van der Waals surface area contributed by atoms with Crippen LogP contribution in [-0.2, 0) is 9.84 Å². The molecule has 2 rings (SSSR count). The molecule has 3 nitrogen and oxygen atoms in total. The van der Waals surface area contributed by atoms with Gasteiger partial charge in [-0.3, -0.25) is 0 Å². The van der Waals surface area contributed by atoms with Crippen molar-refractivity contribution in [3.8, 4) is 0 Å². The fraction of sp³-hybridized carbons (Fsp3) is 0.200. The van der Waals surface area contributed by atoms with Gasteiger partial charge in [0.25, 0.3) is 0 Å². The Balaban J connectivity index is 2.47. The van der Waals surface area contributed by atoms with Crippen molar-refractivity contribution in [1.29, 1.82) is 0 Å². The van der Waals surface area contributed by atoms with Gasteiger partial charge in [0.2, 0.25) is 0 Å². The molecular weight excluding hydrogens is 338 g/mol. The number of benzene rings is 2. The van der Waals surface area contributed by atoms with Crippen LogP contribution >= 0.6 is 15.9 Å². The van der Waals surface area contributed by atoms with Crippen LogP contribution in [0, 0.1) is 6.92 Å². The predicted octanol–water partition coefficient (Wildman–Crippen LogP) is 3.23. The van der Waals surface area contributed by atoms with Crippen LogP contribution in [-0.4, -0.2) is 15.0 Å². The fourth-order valence-corrected chi connectivity index (χ4v) is 4.06. The van der Waals surface area contributed by atoms with E-state index in [4.69, 9.17) is 5.73 Å². The summed E-state index contributed by atoms with van der Waals surface area (Å²) in [6.45, 7) is 1.97. The van der Waals surface area contributed by atoms with Gasteiger partial charge in [0.05, 0.1) is 4.90 Å². The maximum Gasteiger partial charge on any atom is 0.186 e. The highest BCUT2D eigenvalue weighted by Gasteiger charge is 2.27. The van der Waals surface area contributed by atoms with Gasteiger partial charge < -0.3 is 5.73 Å². The largest absolute Gasteiger partial charge is 0.329 e. The molecule has 2 aromatic rings. The maximum absolute atomic E-state index is 12.7. The first-order valence-corrected chi connectivity index (χ1v) is 8.55. The molecule has 0 spiro atoms. The predicted molar refractivity (Wildman–Crippen MR) is 84.3 cm³/mol. The van der Waals surface area contributed by atoms with Crippen molar-refractivity contribution in [1.82, 2.24) is 0 Å². The van der Waals surface area contributed by atoms with Crippen molar-refractivity contribution in [2.45, 2.75) is 17.1 Å². The number of nitrogens with two attached hydrogens (primary N) is 1. The monoisotopic (exact) mass is 353 g/mol. The number of aryl methyl sites for hydroxylation is 1. The Hall–Kier alpha value is -1.17. The van der Waals surface area contributed by atoms with Gasteiger partial charge in [-0.2, -0.15) is 0 Å². The lowest BCUT2D eigenvalue weighted by Crippen LogP contribution is -2.22. The fourth-order valence-electron chi connectivity index (χ4n) is 2.04. The minimum Gasteiger partial charge on any atom is -0.329 e. The summed E-state index contributed by atoms with van der Waals surface area (Å²) in [4.78, 5) is 0.304. The highest BCUT2D eigenvalue weighted by atomic mass is 79.9. The highest BCUT2D eigenvalue weighted by molar-refractivity contribution is 9.10. The second-order valence-corrected chi connectivity index (χ2v) is 7.68. The molecule has 2 aromatic carbocycles. The van der Waals surface area contributed by atoms with E-state index in [1.54, 1.807) is 36.4 Å². The molecule has 1 atom stereocenters. The lowest BCUT2D eigenvalue weighted by atomic mass is 10.1. The van der Waals surface area contributed by atoms with Gasteiger partial charge in [0.15, 0.2) is 9.84 Å². The summed E-state index contributed by atoms with van der Waals surface area (Å²) in [5, 5.41) is -0.734. The molecular formula is C15H16BrNO2S. The average molecular weight is 354 g/mol. The van der Waals surface area contributed by atoms with Crippen LogP contribution in [0.3, 0.4) is 0 Å². The van der Waals surface area contributed by atoms with Crippen molar-refractivity contribution in [3.63, 3.8) is 0 Å². The van der Waals surface area contributed by atoms with Gasteiger partial charge in [0, 0.05) is 11.0 Å². The van der Waals surface area contributed by atoms with E-state index in [2.05, 4.69) is 15.9 Å². The topological polar surface area (TPSA) is 60.2 Å². The first-order valence-electron chi connectivity index (χ1n) is 6.21. The molecule has 106 valence electrons. The van der Waals surface area contributed by atoms with Crippen LogP contribution in [0.4, 0.5) is 0 Å². The van der Waals surface area contributed by atoms with Crippen LogP contribution in [0.2, 0.25) is 0 Å². The molecule has 1 unspecified atom stereocenters. The second-order valence-electron chi connectivity index (χ2n) is 4.64. The molecule has 0 saturated carbocycles. The first-order chi connectivity index (χ1) is 9.45. The summed E-state index contributed by atoms with van der Waals surface area (Å²) in [7, 11) is -3.48. The number of hydrogen-bond acceptors (Lipinski definition) is 3. The third kappa shape index (κ3) is 3.11. The van der Waals surface area contributed by atoms with Gasteiger partial charge in [-0.1, -0.05) is 45.8 Å². The Morgan fingerprint density at radius 2 is 1.80 bits per heavy atom. The van der Waals surface area contributed by atoms with E-state index < -0.39 is 15.1 Å². The smallest absolute Gasteiger partial charge is 0.186 e. The van der Waals surface area contributed by atoms with E-state index >= 15 is 0 Å². The number of hydrogen-bond donors (Lipinski definition) is 1. The van der Waals surface area contributed by atoms with E-state index in [9.17, 15) is 8.42 Å². The van der Waals surface area contributed by atoms with Gasteiger partial charge in [-0.05, 0) is 36.8 Å². The maximum atomic E-state index is 12.7. The molecule has 0 radical (unpaired) electrons. The summed E-state index contributed by atoms with van der Waals surface area (Å²) in [5.41, 5.74) is 7.43. The van der Waals surface area contributed by atoms with Crippen LogP contribution in [0.25, 0.3) is 0 Å². The van der Waals surface area contributed by atoms with Gasteiger partial charge in [-0.25, -0.2) is 8.42 Å². The molecule has 0 aliphatic carbocycles. The third-order valence-corrected chi connectivity index (χ3v) is 5.79. The molecule has 0 aromatic heterocycles. The molecule has 2 N–H and O–H groups in total. The summed E-state index contributed by atoms with van der Waals surface area (Å²) >= 11 is 3.36. The van der Waals surface area contributed by atoms with Gasteiger partial charge >= 0.3 is 0 Å². The van der Waals surface area contributed by atoms with E-state index in [-0.39, 0.29) is 6.54 Å². The lowest BCUT2D eigenvalue weighted by Gasteiger charge is -2.16. The summed E-state index contributed by atoms with van der Waals surface area (Å²) in [6.07, 6.45) is 0. The lowest BCUT2D eigenvalue weighted by molar-refractivity contribution is 0.582. The van der Waals surface area contributed by atoms with E-state index in [0.29, 0.717) is 10.5 Å². The summed E-state index contributed by atoms with van der Waals surface area (Å²) in [6, 6.07) is 14.1. The molecule has 0 amide bonds. The molecule has 0 aliphatic rings. The normalized spacial score (nSPS) is 13.2. The average Bonchev–Trinajstić information content (AvgIpc) is 2.40. The van der Waals surface area contributed by atoms with E-state index in [1.165, 1.54) is 0 Å². The number of rotatable bonds is 4. The Kier molecular flexibility index (Phi) is 4.62. The molecule has 0 saturated heterocycles. The minimum atomic E-state index is -3.48. The molecule has 5 heteroatoms. The first kappa shape index (κ1) is 15.2. The minimum absolute atomic E-state index is 0.0483. The van der Waals surface area contributed by atoms with Crippen molar-refractivity contribution >= 4 is 25.8 Å². The van der Waals surface area contributed by atoms with Crippen molar-refractivity contribution in [3.05, 3.63) is 64.1 Å². The van der Waals surface area contributed by atoms with Crippen LogP contribution < -0.4 is 5.73 Å². The summed E-state index contributed by atoms with van der Waals surface area (Å²) in [5.74, 6) is 0. The quantitative estimate of drug-likeness (QED) is 0.917. The van der Waals surface area contributed by atoms with Crippen molar-refractivity contribution in [2.24, 2.45) is 5.73 Å². The SMILES string of the molecule is Cc1ccc(S(=O)(=O)C(CN)c2cccc(Br)c2)cc1. The molecule has 20 heavy (non-hydrogen) atoms. The van der Waals surface area contributed by atoms with Crippen LogP contribution in [0.15, 0.2) is 57.9 Å². The number of sulfone groups is 1. The van der Waals surface area contributed by atoms with Crippen LogP contribution in [0.5, 0.6) is 0 Å². The van der Waals surface area contributed by atoms with Gasteiger partial charge in [-0.15, -0.1) is 0 Å². The second kappa shape index (κ2) is 6.08. The Morgan fingerprint density at radius 3 is 2.35 bits per heavy atom. The van der Waals surface area contributed by atoms with Crippen molar-refractivity contribution in [2.75, 3.05) is 6.54 Å². The Bertz CT molecular complexity index is 696. The Morgan fingerprint density at radius 1 is 1.15 bits per heavy atom. The molecule has 0 fully saturated rings. The zero-order chi connectivity index (χ0) is 14.8. The van der Waals surface area contributed by atoms with Crippen LogP contribution in [0.1, 0.15) is 16.4 Å². The van der Waals surface area contributed by atoms with E-state index in [1.807, 2.05) is 19.1 Å². The summed E-state index contributed by atoms with van der Waals surface area (Å²) < 4.78 is 26.2. The molecule has 0 heterocycles. The molecule has 0 aliphatic heterocycles.